The highest BCUT2D eigenvalue weighted by Gasteiger charge is 2.17. The van der Waals surface area contributed by atoms with Gasteiger partial charge in [0.25, 0.3) is 0 Å². The largest absolute Gasteiger partial charge is 0.368 e. The van der Waals surface area contributed by atoms with Crippen LogP contribution >= 0.6 is 0 Å². The van der Waals surface area contributed by atoms with Gasteiger partial charge in [-0.3, -0.25) is 9.78 Å². The Bertz CT molecular complexity index is 346. The number of hydrogen-bond acceptors (Lipinski definition) is 3. The summed E-state index contributed by atoms with van der Waals surface area (Å²) in [6, 6.07) is 3.31. The number of hydrogen-bond donors (Lipinski definition) is 2. The number of amides is 1. The molecule has 0 aliphatic rings. The smallest absolute Gasteiger partial charge is 0.239 e. The normalized spacial score (nSPS) is 12.8. The van der Waals surface area contributed by atoms with Crippen molar-refractivity contribution in [2.45, 2.75) is 26.8 Å². The van der Waals surface area contributed by atoms with Crippen LogP contribution in [0, 0.1) is 12.8 Å². The summed E-state index contributed by atoms with van der Waals surface area (Å²) in [6.45, 7) is 6.82. The Balaban J connectivity index is 2.77. The minimum atomic E-state index is -0.449. The molecular weight excluding hydrogens is 202 g/mol. The van der Waals surface area contributed by atoms with E-state index in [-0.39, 0.29) is 5.91 Å². The Hall–Kier alpha value is -1.42. The molecule has 0 saturated carbocycles. The fourth-order valence-corrected chi connectivity index (χ4v) is 1.39. The van der Waals surface area contributed by atoms with Crippen LogP contribution in [-0.2, 0) is 4.79 Å². The van der Waals surface area contributed by atoms with Gasteiger partial charge in [0.05, 0.1) is 0 Å². The molecule has 0 aromatic carbocycles. The van der Waals surface area contributed by atoms with Crippen LogP contribution in [0.2, 0.25) is 0 Å². The number of primary amides is 1. The summed E-state index contributed by atoms with van der Waals surface area (Å²) in [5, 5.41) is 3.14. The molecule has 88 valence electrons. The molecular formula is C12H19N3O. The first-order valence-corrected chi connectivity index (χ1v) is 5.46. The molecule has 1 unspecified atom stereocenters. The van der Waals surface area contributed by atoms with E-state index in [1.165, 1.54) is 0 Å². The average Bonchev–Trinajstić information content (AvgIpc) is 2.20. The Labute approximate surface area is 96.3 Å². The number of nitrogens with two attached hydrogens (primary N) is 1. The maximum absolute atomic E-state index is 11.3. The number of carbonyl (C=O) groups is 1. The Kier molecular flexibility index (Phi) is 4.43. The highest BCUT2D eigenvalue weighted by molar-refractivity contribution is 5.81. The van der Waals surface area contributed by atoms with E-state index >= 15 is 0 Å². The first-order valence-electron chi connectivity index (χ1n) is 5.46. The zero-order valence-electron chi connectivity index (χ0n) is 10.0. The lowest BCUT2D eigenvalue weighted by atomic mass is 10.1. The number of carbonyl (C=O) groups excluding carboxylic acids is 1. The summed E-state index contributed by atoms with van der Waals surface area (Å²) < 4.78 is 0. The predicted molar refractivity (Wildman–Crippen MR) is 63.8 cm³/mol. The molecule has 1 heterocycles. The first kappa shape index (κ1) is 12.6. The summed E-state index contributed by atoms with van der Waals surface area (Å²) in [5.41, 5.74) is 7.11. The van der Waals surface area contributed by atoms with Gasteiger partial charge in [-0.1, -0.05) is 19.9 Å². The van der Waals surface area contributed by atoms with Gasteiger partial charge in [-0.2, -0.15) is 0 Å². The van der Waals surface area contributed by atoms with Crippen LogP contribution in [0.25, 0.3) is 0 Å². The molecule has 16 heavy (non-hydrogen) atoms. The third kappa shape index (κ3) is 3.62. The molecule has 0 saturated heterocycles. The van der Waals surface area contributed by atoms with Gasteiger partial charge in [0.15, 0.2) is 0 Å². The van der Waals surface area contributed by atoms with Crippen molar-refractivity contribution in [3.63, 3.8) is 0 Å². The highest BCUT2D eigenvalue weighted by Crippen LogP contribution is 2.12. The molecule has 0 bridgehead atoms. The molecule has 0 aliphatic heterocycles. The van der Waals surface area contributed by atoms with Gasteiger partial charge in [-0.05, 0) is 31.0 Å². The number of rotatable bonds is 5. The predicted octanol–water partition coefficient (Wildman–Crippen LogP) is 1.16. The van der Waals surface area contributed by atoms with Crippen LogP contribution in [-0.4, -0.2) is 17.4 Å². The Morgan fingerprint density at radius 2 is 2.19 bits per heavy atom. The van der Waals surface area contributed by atoms with Crippen molar-refractivity contribution in [3.8, 4) is 0 Å². The standard InChI is InChI=1S/C12H19N3O/c1-8(2)6-15-11(12(13)16)10-5-4-9(3)14-7-10/h4-5,7-8,11,15H,6H2,1-3H3,(H2,13,16). The Morgan fingerprint density at radius 3 is 2.62 bits per heavy atom. The molecule has 0 radical (unpaired) electrons. The topological polar surface area (TPSA) is 68.0 Å². The van der Waals surface area contributed by atoms with Gasteiger partial charge >= 0.3 is 0 Å². The van der Waals surface area contributed by atoms with Gasteiger partial charge in [-0.25, -0.2) is 0 Å². The fourth-order valence-electron chi connectivity index (χ4n) is 1.39. The van der Waals surface area contributed by atoms with Gasteiger partial charge in [0.2, 0.25) is 5.91 Å². The molecule has 1 amide bonds. The zero-order valence-corrected chi connectivity index (χ0v) is 10.0. The quantitative estimate of drug-likeness (QED) is 0.784. The summed E-state index contributed by atoms with van der Waals surface area (Å²) in [7, 11) is 0. The van der Waals surface area contributed by atoms with Crippen LogP contribution in [0.3, 0.4) is 0 Å². The third-order valence-corrected chi connectivity index (χ3v) is 2.28. The van der Waals surface area contributed by atoms with E-state index < -0.39 is 6.04 Å². The lowest BCUT2D eigenvalue weighted by Gasteiger charge is -2.17. The van der Waals surface area contributed by atoms with Crippen LogP contribution in [0.5, 0.6) is 0 Å². The number of pyridine rings is 1. The lowest BCUT2D eigenvalue weighted by Crippen LogP contribution is -2.35. The van der Waals surface area contributed by atoms with Crippen LogP contribution < -0.4 is 11.1 Å². The number of nitrogens with one attached hydrogen (secondary N) is 1. The van der Waals surface area contributed by atoms with Crippen LogP contribution in [0.4, 0.5) is 0 Å². The van der Waals surface area contributed by atoms with Crippen molar-refractivity contribution in [1.29, 1.82) is 0 Å². The van der Waals surface area contributed by atoms with E-state index in [2.05, 4.69) is 24.1 Å². The molecule has 0 fully saturated rings. The van der Waals surface area contributed by atoms with Crippen LogP contribution in [0.1, 0.15) is 31.1 Å². The maximum Gasteiger partial charge on any atom is 0.239 e. The zero-order chi connectivity index (χ0) is 12.1. The molecule has 1 aromatic heterocycles. The van der Waals surface area contributed by atoms with E-state index in [0.29, 0.717) is 5.92 Å². The second kappa shape index (κ2) is 5.61. The van der Waals surface area contributed by atoms with Crippen LogP contribution in [0.15, 0.2) is 18.3 Å². The van der Waals surface area contributed by atoms with Crippen molar-refractivity contribution in [2.75, 3.05) is 6.54 Å². The summed E-state index contributed by atoms with van der Waals surface area (Å²) in [5.74, 6) is 0.103. The van der Waals surface area contributed by atoms with Gasteiger partial charge in [0, 0.05) is 11.9 Å². The molecule has 1 atom stereocenters. The van der Waals surface area contributed by atoms with E-state index in [1.54, 1.807) is 6.20 Å². The highest BCUT2D eigenvalue weighted by atomic mass is 16.1. The molecule has 0 spiro atoms. The minimum absolute atomic E-state index is 0.369. The van der Waals surface area contributed by atoms with E-state index in [1.807, 2.05) is 19.1 Å². The van der Waals surface area contributed by atoms with Gasteiger partial charge in [0.1, 0.15) is 6.04 Å². The number of aryl methyl sites for hydroxylation is 1. The molecule has 0 aliphatic carbocycles. The molecule has 1 rings (SSSR count). The number of aromatic nitrogens is 1. The molecule has 4 heteroatoms. The molecule has 1 aromatic rings. The number of nitrogens with zero attached hydrogens (tertiary/aromatic N) is 1. The van der Waals surface area contributed by atoms with Crippen molar-refractivity contribution >= 4 is 5.91 Å². The monoisotopic (exact) mass is 221 g/mol. The second-order valence-corrected chi connectivity index (χ2v) is 4.37. The van der Waals surface area contributed by atoms with Crippen molar-refractivity contribution in [1.82, 2.24) is 10.3 Å². The maximum atomic E-state index is 11.3. The first-order chi connectivity index (χ1) is 7.50. The van der Waals surface area contributed by atoms with E-state index in [9.17, 15) is 4.79 Å². The lowest BCUT2D eigenvalue weighted by molar-refractivity contribution is -0.120. The Morgan fingerprint density at radius 1 is 1.50 bits per heavy atom. The SMILES string of the molecule is Cc1ccc(C(NCC(C)C)C(N)=O)cn1. The summed E-state index contributed by atoms with van der Waals surface area (Å²) in [6.07, 6.45) is 1.69. The van der Waals surface area contributed by atoms with Crippen molar-refractivity contribution in [3.05, 3.63) is 29.6 Å². The second-order valence-electron chi connectivity index (χ2n) is 4.37. The molecule has 3 N–H and O–H groups in total. The minimum Gasteiger partial charge on any atom is -0.368 e. The fraction of sp³-hybridized carbons (Fsp3) is 0.500. The summed E-state index contributed by atoms with van der Waals surface area (Å²) >= 11 is 0. The van der Waals surface area contributed by atoms with Crippen molar-refractivity contribution in [2.24, 2.45) is 11.7 Å². The van der Waals surface area contributed by atoms with Gasteiger partial charge in [-0.15, -0.1) is 0 Å². The third-order valence-electron chi connectivity index (χ3n) is 2.28. The van der Waals surface area contributed by atoms with E-state index in [0.717, 1.165) is 17.8 Å². The average molecular weight is 221 g/mol. The van der Waals surface area contributed by atoms with Crippen molar-refractivity contribution < 1.29 is 4.79 Å². The van der Waals surface area contributed by atoms with Gasteiger partial charge < -0.3 is 11.1 Å². The summed E-state index contributed by atoms with van der Waals surface area (Å²) in [4.78, 5) is 15.5. The molecule has 4 nitrogen and oxygen atoms in total. The van der Waals surface area contributed by atoms with E-state index in [4.69, 9.17) is 5.73 Å².